The van der Waals surface area contributed by atoms with Gasteiger partial charge in [-0.2, -0.15) is 0 Å². The van der Waals surface area contributed by atoms with E-state index in [-0.39, 0.29) is 29.5 Å². The lowest BCUT2D eigenvalue weighted by Gasteiger charge is -2.34. The molecule has 1 unspecified atom stereocenters. The fourth-order valence-corrected chi connectivity index (χ4v) is 4.23. The Morgan fingerprint density at radius 1 is 0.848 bits per heavy atom. The Morgan fingerprint density at radius 3 is 2.15 bits per heavy atom. The number of nitrogens with zero attached hydrogens (tertiary/aromatic N) is 1. The summed E-state index contributed by atoms with van der Waals surface area (Å²) in [6.45, 7) is 3.23. The second-order valence-corrected chi connectivity index (χ2v) is 8.39. The Labute approximate surface area is 194 Å². The number of carbonyl (C=O) groups excluding carboxylic acids is 2. The van der Waals surface area contributed by atoms with Crippen molar-refractivity contribution in [2.24, 2.45) is 5.92 Å². The smallest absolute Gasteiger partial charge is 0.241 e. The van der Waals surface area contributed by atoms with Crippen LogP contribution in [0.3, 0.4) is 0 Å². The number of likely N-dealkylation sites (tertiary alicyclic amines) is 1. The van der Waals surface area contributed by atoms with E-state index < -0.39 is 0 Å². The molecule has 0 saturated carbocycles. The average Bonchev–Trinajstić information content (AvgIpc) is 2.86. The standard InChI is InChI=1S/C27H29N3O3/c1-19(26(32)28-23-12-6-5-11-22(23)20-9-3-2-4-10-20)30-17-15-21(16-18-30)27(33)29-24-13-7-8-14-25(24)31/h2-14,19,21,31H,15-18H2,1H3,(H,28,32)(H,29,33). The minimum absolute atomic E-state index is 0.0596. The Bertz CT molecular complexity index is 1110. The third-order valence-corrected chi connectivity index (χ3v) is 6.26. The largest absolute Gasteiger partial charge is 0.506 e. The predicted octanol–water partition coefficient (Wildman–Crippen LogP) is 4.74. The van der Waals surface area contributed by atoms with E-state index in [4.69, 9.17) is 0 Å². The molecule has 1 fully saturated rings. The summed E-state index contributed by atoms with van der Waals surface area (Å²) in [6, 6.07) is 24.2. The Balaban J connectivity index is 1.34. The molecule has 1 heterocycles. The Morgan fingerprint density at radius 2 is 1.45 bits per heavy atom. The number of aromatic hydroxyl groups is 1. The molecule has 2 amide bonds. The van der Waals surface area contributed by atoms with Crippen LogP contribution in [0.25, 0.3) is 11.1 Å². The number of phenolic OH excluding ortho intramolecular Hbond substituents is 1. The number of amides is 2. The molecule has 6 heteroatoms. The summed E-state index contributed by atoms with van der Waals surface area (Å²) >= 11 is 0. The maximum Gasteiger partial charge on any atom is 0.241 e. The molecule has 1 aliphatic heterocycles. The maximum absolute atomic E-state index is 13.0. The van der Waals surface area contributed by atoms with Gasteiger partial charge < -0.3 is 15.7 Å². The third-order valence-electron chi connectivity index (χ3n) is 6.26. The summed E-state index contributed by atoms with van der Waals surface area (Å²) < 4.78 is 0. The summed E-state index contributed by atoms with van der Waals surface area (Å²) in [7, 11) is 0. The van der Waals surface area contributed by atoms with Crippen LogP contribution in [0.5, 0.6) is 5.75 Å². The zero-order chi connectivity index (χ0) is 23.2. The fraction of sp³-hybridized carbons (Fsp3) is 0.259. The molecule has 1 saturated heterocycles. The zero-order valence-corrected chi connectivity index (χ0v) is 18.7. The maximum atomic E-state index is 13.0. The van der Waals surface area contributed by atoms with Crippen LogP contribution in [-0.4, -0.2) is 41.0 Å². The van der Waals surface area contributed by atoms with Gasteiger partial charge in [0.2, 0.25) is 11.8 Å². The lowest BCUT2D eigenvalue weighted by atomic mass is 9.94. The normalized spacial score (nSPS) is 15.5. The first-order valence-corrected chi connectivity index (χ1v) is 11.3. The van der Waals surface area contributed by atoms with E-state index in [1.165, 1.54) is 0 Å². The molecule has 0 radical (unpaired) electrons. The van der Waals surface area contributed by atoms with E-state index in [0.717, 1.165) is 16.8 Å². The van der Waals surface area contributed by atoms with Crippen molar-refractivity contribution in [3.63, 3.8) is 0 Å². The summed E-state index contributed by atoms with van der Waals surface area (Å²) in [4.78, 5) is 27.8. The van der Waals surface area contributed by atoms with Crippen LogP contribution in [0.4, 0.5) is 11.4 Å². The molecule has 0 bridgehead atoms. The molecule has 0 aromatic heterocycles. The fourth-order valence-electron chi connectivity index (χ4n) is 4.23. The van der Waals surface area contributed by atoms with Gasteiger partial charge in [-0.1, -0.05) is 60.7 Å². The van der Waals surface area contributed by atoms with E-state index >= 15 is 0 Å². The molecule has 0 aliphatic carbocycles. The molecule has 33 heavy (non-hydrogen) atoms. The summed E-state index contributed by atoms with van der Waals surface area (Å²) in [5.41, 5.74) is 3.25. The molecular formula is C27H29N3O3. The number of phenols is 1. The van der Waals surface area contributed by atoms with Crippen LogP contribution < -0.4 is 10.6 Å². The number of carbonyl (C=O) groups is 2. The first kappa shape index (κ1) is 22.6. The number of rotatable bonds is 6. The molecule has 0 spiro atoms. The van der Waals surface area contributed by atoms with Crippen molar-refractivity contribution < 1.29 is 14.7 Å². The molecule has 4 rings (SSSR count). The second-order valence-electron chi connectivity index (χ2n) is 8.39. The lowest BCUT2D eigenvalue weighted by Crippen LogP contribution is -2.47. The van der Waals surface area contributed by atoms with Gasteiger partial charge in [-0.05, 0) is 56.6 Å². The number of benzene rings is 3. The third kappa shape index (κ3) is 5.41. The lowest BCUT2D eigenvalue weighted by molar-refractivity contribution is -0.123. The van der Waals surface area contributed by atoms with Crippen LogP contribution in [0.15, 0.2) is 78.9 Å². The summed E-state index contributed by atoms with van der Waals surface area (Å²) in [5.74, 6) is -0.236. The molecule has 1 atom stereocenters. The number of hydrogen-bond donors (Lipinski definition) is 3. The van der Waals surface area contributed by atoms with Gasteiger partial charge in [0.05, 0.1) is 11.7 Å². The summed E-state index contributed by atoms with van der Waals surface area (Å²) in [5, 5.41) is 15.8. The highest BCUT2D eigenvalue weighted by atomic mass is 16.3. The minimum Gasteiger partial charge on any atom is -0.506 e. The highest BCUT2D eigenvalue weighted by Crippen LogP contribution is 2.29. The SMILES string of the molecule is CC(C(=O)Nc1ccccc1-c1ccccc1)N1CCC(C(=O)Nc2ccccc2O)CC1. The number of anilines is 2. The quantitative estimate of drug-likeness (QED) is 0.481. The van der Waals surface area contributed by atoms with E-state index in [2.05, 4.69) is 15.5 Å². The number of piperidine rings is 1. The molecular weight excluding hydrogens is 414 g/mol. The first-order valence-electron chi connectivity index (χ1n) is 11.3. The van der Waals surface area contributed by atoms with Gasteiger partial charge in [-0.3, -0.25) is 14.5 Å². The number of nitrogens with one attached hydrogen (secondary N) is 2. The van der Waals surface area contributed by atoms with Crippen molar-refractivity contribution in [3.8, 4) is 16.9 Å². The molecule has 3 N–H and O–H groups in total. The van der Waals surface area contributed by atoms with E-state index in [1.807, 2.05) is 61.5 Å². The van der Waals surface area contributed by atoms with Crippen molar-refractivity contribution in [2.45, 2.75) is 25.8 Å². The van der Waals surface area contributed by atoms with Crippen LogP contribution in [0.2, 0.25) is 0 Å². The minimum atomic E-state index is -0.309. The second kappa shape index (κ2) is 10.3. The van der Waals surface area contributed by atoms with E-state index in [9.17, 15) is 14.7 Å². The number of hydrogen-bond acceptors (Lipinski definition) is 4. The van der Waals surface area contributed by atoms with Crippen LogP contribution in [0.1, 0.15) is 19.8 Å². The van der Waals surface area contributed by atoms with Crippen molar-refractivity contribution in [1.29, 1.82) is 0 Å². The molecule has 170 valence electrons. The zero-order valence-electron chi connectivity index (χ0n) is 18.7. The van der Waals surface area contributed by atoms with Gasteiger partial charge in [-0.25, -0.2) is 0 Å². The topological polar surface area (TPSA) is 81.7 Å². The van der Waals surface area contributed by atoms with Gasteiger partial charge in [0.15, 0.2) is 0 Å². The molecule has 3 aromatic rings. The molecule has 6 nitrogen and oxygen atoms in total. The van der Waals surface area contributed by atoms with Gasteiger partial charge in [-0.15, -0.1) is 0 Å². The summed E-state index contributed by atoms with van der Waals surface area (Å²) in [6.07, 6.45) is 1.33. The average molecular weight is 444 g/mol. The Kier molecular flexibility index (Phi) is 7.05. The highest BCUT2D eigenvalue weighted by Gasteiger charge is 2.30. The van der Waals surface area contributed by atoms with E-state index in [0.29, 0.717) is 31.6 Å². The van der Waals surface area contributed by atoms with Gasteiger partial charge >= 0.3 is 0 Å². The molecule has 3 aromatic carbocycles. The van der Waals surface area contributed by atoms with Gasteiger partial charge in [0.25, 0.3) is 0 Å². The van der Waals surface area contributed by atoms with Gasteiger partial charge in [0.1, 0.15) is 5.75 Å². The van der Waals surface area contributed by atoms with Crippen LogP contribution in [0, 0.1) is 5.92 Å². The van der Waals surface area contributed by atoms with Gasteiger partial charge in [0, 0.05) is 17.2 Å². The van der Waals surface area contributed by atoms with Crippen molar-refractivity contribution in [3.05, 3.63) is 78.9 Å². The first-order chi connectivity index (χ1) is 16.0. The number of para-hydroxylation sites is 3. The van der Waals surface area contributed by atoms with E-state index in [1.54, 1.807) is 24.3 Å². The van der Waals surface area contributed by atoms with Crippen LogP contribution in [-0.2, 0) is 9.59 Å². The molecule has 1 aliphatic rings. The predicted molar refractivity (Wildman–Crippen MR) is 131 cm³/mol. The monoisotopic (exact) mass is 443 g/mol. The van der Waals surface area contributed by atoms with Crippen molar-refractivity contribution in [1.82, 2.24) is 4.90 Å². The highest BCUT2D eigenvalue weighted by molar-refractivity contribution is 5.98. The Hall–Kier alpha value is -3.64. The van der Waals surface area contributed by atoms with Crippen molar-refractivity contribution in [2.75, 3.05) is 23.7 Å². The van der Waals surface area contributed by atoms with Crippen molar-refractivity contribution >= 4 is 23.2 Å². The van der Waals surface area contributed by atoms with Crippen LogP contribution >= 0.6 is 0 Å².